The minimum atomic E-state index is -0.532. The van der Waals surface area contributed by atoms with Crippen LogP contribution in [0.4, 0.5) is 0 Å². The van der Waals surface area contributed by atoms with Crippen LogP contribution in [0.2, 0.25) is 0 Å². The molecule has 57 valence electrons. The van der Waals surface area contributed by atoms with Crippen molar-refractivity contribution in [2.24, 2.45) is 0 Å². The maximum absolute atomic E-state index is 10.4. The first-order valence-electron chi connectivity index (χ1n) is 3.29. The number of hydrogen-bond donors (Lipinski definition) is 0. The first-order valence-corrected chi connectivity index (χ1v) is 3.29. The SMILES string of the molecule is [CH2]C(=O)Oc1cccc(C)c1. The predicted molar refractivity (Wildman–Crippen MR) is 42.2 cm³/mol. The Hall–Kier alpha value is -1.31. The summed E-state index contributed by atoms with van der Waals surface area (Å²) in [5, 5.41) is 0. The molecule has 0 saturated carbocycles. The summed E-state index contributed by atoms with van der Waals surface area (Å²) in [6.45, 7) is 5.03. The lowest BCUT2D eigenvalue weighted by Gasteiger charge is -2.00. The zero-order valence-electron chi connectivity index (χ0n) is 6.33. The van der Waals surface area contributed by atoms with Crippen LogP contribution in [0.3, 0.4) is 0 Å². The lowest BCUT2D eigenvalue weighted by atomic mass is 10.2. The van der Waals surface area contributed by atoms with Crippen molar-refractivity contribution >= 4 is 5.97 Å². The highest BCUT2D eigenvalue weighted by Gasteiger charge is 1.95. The van der Waals surface area contributed by atoms with E-state index in [1.54, 1.807) is 12.1 Å². The van der Waals surface area contributed by atoms with Gasteiger partial charge in [-0.25, -0.2) is 0 Å². The van der Waals surface area contributed by atoms with E-state index in [9.17, 15) is 4.79 Å². The van der Waals surface area contributed by atoms with Gasteiger partial charge in [-0.15, -0.1) is 0 Å². The van der Waals surface area contributed by atoms with Gasteiger partial charge in [0.25, 0.3) is 0 Å². The van der Waals surface area contributed by atoms with Crippen molar-refractivity contribution in [1.29, 1.82) is 0 Å². The van der Waals surface area contributed by atoms with E-state index in [1.807, 2.05) is 19.1 Å². The van der Waals surface area contributed by atoms with Crippen LogP contribution in [0.1, 0.15) is 5.56 Å². The topological polar surface area (TPSA) is 26.3 Å². The van der Waals surface area contributed by atoms with Gasteiger partial charge in [0.05, 0.1) is 6.92 Å². The van der Waals surface area contributed by atoms with Crippen LogP contribution in [0.15, 0.2) is 24.3 Å². The number of ether oxygens (including phenoxy) is 1. The Morgan fingerprint density at radius 1 is 1.55 bits per heavy atom. The monoisotopic (exact) mass is 149 g/mol. The number of hydrogen-bond acceptors (Lipinski definition) is 2. The molecule has 1 aromatic rings. The van der Waals surface area contributed by atoms with Crippen molar-refractivity contribution in [3.63, 3.8) is 0 Å². The normalized spacial score (nSPS) is 9.27. The molecule has 0 aromatic heterocycles. The summed E-state index contributed by atoms with van der Waals surface area (Å²) in [5.74, 6) is 0.0144. The number of rotatable bonds is 1. The van der Waals surface area contributed by atoms with E-state index in [4.69, 9.17) is 4.74 Å². The fraction of sp³-hybridized carbons (Fsp3) is 0.111. The fourth-order valence-electron chi connectivity index (χ4n) is 0.810. The average Bonchev–Trinajstić information content (AvgIpc) is 1.85. The third-order valence-corrected chi connectivity index (χ3v) is 1.22. The van der Waals surface area contributed by atoms with Gasteiger partial charge in [-0.3, -0.25) is 4.79 Å². The zero-order valence-corrected chi connectivity index (χ0v) is 6.33. The van der Waals surface area contributed by atoms with Gasteiger partial charge in [-0.05, 0) is 24.6 Å². The van der Waals surface area contributed by atoms with Crippen LogP contribution >= 0.6 is 0 Å². The van der Waals surface area contributed by atoms with Gasteiger partial charge in [0, 0.05) is 0 Å². The summed E-state index contributed by atoms with van der Waals surface area (Å²) >= 11 is 0. The molecule has 0 atom stereocenters. The quantitative estimate of drug-likeness (QED) is 0.449. The molecule has 0 aliphatic rings. The van der Waals surface area contributed by atoms with E-state index in [2.05, 4.69) is 6.92 Å². The summed E-state index contributed by atoms with van der Waals surface area (Å²) in [5.41, 5.74) is 1.06. The van der Waals surface area contributed by atoms with Gasteiger partial charge >= 0.3 is 5.97 Å². The summed E-state index contributed by atoms with van der Waals surface area (Å²) in [4.78, 5) is 10.4. The Morgan fingerprint density at radius 2 is 2.27 bits per heavy atom. The summed E-state index contributed by atoms with van der Waals surface area (Å²) in [6, 6.07) is 7.26. The molecule has 2 heteroatoms. The minimum Gasteiger partial charge on any atom is -0.427 e. The zero-order chi connectivity index (χ0) is 8.27. The molecule has 0 saturated heterocycles. The molecule has 1 aromatic carbocycles. The van der Waals surface area contributed by atoms with Gasteiger partial charge in [0.1, 0.15) is 5.75 Å². The highest BCUT2D eigenvalue weighted by Crippen LogP contribution is 2.11. The molecule has 0 amide bonds. The maximum Gasteiger partial charge on any atom is 0.311 e. The largest absolute Gasteiger partial charge is 0.427 e. The van der Waals surface area contributed by atoms with Crippen molar-refractivity contribution in [2.75, 3.05) is 0 Å². The van der Waals surface area contributed by atoms with E-state index >= 15 is 0 Å². The molecule has 1 radical (unpaired) electrons. The Morgan fingerprint density at radius 3 is 2.82 bits per heavy atom. The van der Waals surface area contributed by atoms with Crippen LogP contribution in [0.5, 0.6) is 5.75 Å². The highest BCUT2D eigenvalue weighted by molar-refractivity contribution is 5.76. The number of aryl methyl sites for hydroxylation is 1. The Balaban J connectivity index is 2.79. The molecule has 0 fully saturated rings. The molecular formula is C9H9O2. The molecular weight excluding hydrogens is 140 g/mol. The third kappa shape index (κ3) is 2.42. The predicted octanol–water partition coefficient (Wildman–Crippen LogP) is 1.73. The molecule has 0 bridgehead atoms. The first kappa shape index (κ1) is 7.79. The van der Waals surface area contributed by atoms with Crippen molar-refractivity contribution in [1.82, 2.24) is 0 Å². The molecule has 0 unspecified atom stereocenters. The second-order valence-corrected chi connectivity index (χ2v) is 2.29. The van der Waals surface area contributed by atoms with Gasteiger partial charge in [-0.2, -0.15) is 0 Å². The molecule has 0 aliphatic heterocycles. The van der Waals surface area contributed by atoms with Crippen LogP contribution in [0.25, 0.3) is 0 Å². The van der Waals surface area contributed by atoms with Gasteiger partial charge in [0.15, 0.2) is 0 Å². The third-order valence-electron chi connectivity index (χ3n) is 1.22. The molecule has 2 nitrogen and oxygen atoms in total. The Bertz CT molecular complexity index is 266. The summed E-state index contributed by atoms with van der Waals surface area (Å²) in [6.07, 6.45) is 0. The van der Waals surface area contributed by atoms with E-state index in [0.717, 1.165) is 5.56 Å². The van der Waals surface area contributed by atoms with Crippen LogP contribution in [-0.4, -0.2) is 5.97 Å². The highest BCUT2D eigenvalue weighted by atomic mass is 16.5. The number of esters is 1. The number of carbonyl (C=O) groups is 1. The van der Waals surface area contributed by atoms with Gasteiger partial charge in [-0.1, -0.05) is 12.1 Å². The fourth-order valence-corrected chi connectivity index (χ4v) is 0.810. The van der Waals surface area contributed by atoms with Crippen molar-refractivity contribution in [2.45, 2.75) is 6.92 Å². The second-order valence-electron chi connectivity index (χ2n) is 2.29. The average molecular weight is 149 g/mol. The molecule has 11 heavy (non-hydrogen) atoms. The smallest absolute Gasteiger partial charge is 0.311 e. The van der Waals surface area contributed by atoms with E-state index in [1.165, 1.54) is 0 Å². The minimum absolute atomic E-state index is 0.532. The van der Waals surface area contributed by atoms with Crippen molar-refractivity contribution < 1.29 is 9.53 Å². The second kappa shape index (κ2) is 3.19. The van der Waals surface area contributed by atoms with Gasteiger partial charge < -0.3 is 4.74 Å². The first-order chi connectivity index (χ1) is 5.18. The molecule has 0 N–H and O–H groups in total. The Labute approximate surface area is 65.8 Å². The molecule has 0 spiro atoms. The number of benzene rings is 1. The summed E-state index contributed by atoms with van der Waals surface area (Å²) < 4.78 is 4.74. The number of carbonyl (C=O) groups excluding carboxylic acids is 1. The van der Waals surface area contributed by atoms with E-state index < -0.39 is 5.97 Å². The van der Waals surface area contributed by atoms with Crippen LogP contribution in [-0.2, 0) is 4.79 Å². The van der Waals surface area contributed by atoms with E-state index in [0.29, 0.717) is 5.75 Å². The van der Waals surface area contributed by atoms with E-state index in [-0.39, 0.29) is 0 Å². The van der Waals surface area contributed by atoms with Crippen LogP contribution < -0.4 is 4.74 Å². The Kier molecular flexibility index (Phi) is 2.26. The van der Waals surface area contributed by atoms with Crippen molar-refractivity contribution in [3.8, 4) is 5.75 Å². The molecule has 0 aliphatic carbocycles. The summed E-state index contributed by atoms with van der Waals surface area (Å²) in [7, 11) is 0. The molecule has 1 rings (SSSR count). The van der Waals surface area contributed by atoms with Crippen molar-refractivity contribution in [3.05, 3.63) is 36.8 Å². The van der Waals surface area contributed by atoms with Crippen LogP contribution in [0, 0.1) is 13.8 Å². The van der Waals surface area contributed by atoms with Gasteiger partial charge in [0.2, 0.25) is 0 Å². The standard InChI is InChI=1S/C9H9O2/c1-7-4-3-5-9(6-7)11-8(2)10/h3-6H,2H2,1H3. The molecule has 0 heterocycles. The lowest BCUT2D eigenvalue weighted by Crippen LogP contribution is -2.01. The maximum atomic E-state index is 10.4. The lowest BCUT2D eigenvalue weighted by molar-refractivity contribution is -0.129.